The first-order valence-electron chi connectivity index (χ1n) is 9.89. The molecule has 0 spiro atoms. The predicted octanol–water partition coefficient (Wildman–Crippen LogP) is 2.83. The molecular weight excluding hydrogens is 352 g/mol. The number of benzene rings is 1. The van der Waals surface area contributed by atoms with Gasteiger partial charge in [-0.1, -0.05) is 17.7 Å². The van der Waals surface area contributed by atoms with Crippen molar-refractivity contribution < 1.29 is 9.59 Å². The van der Waals surface area contributed by atoms with E-state index in [2.05, 4.69) is 23.7 Å². The fourth-order valence-electron chi connectivity index (χ4n) is 3.42. The molecule has 28 heavy (non-hydrogen) atoms. The Morgan fingerprint density at radius 3 is 1.82 bits per heavy atom. The van der Waals surface area contributed by atoms with Crippen molar-refractivity contribution in [1.29, 1.82) is 0 Å². The third-order valence-electron chi connectivity index (χ3n) is 5.23. The highest BCUT2D eigenvalue weighted by Gasteiger charge is 2.25. The Morgan fingerprint density at radius 2 is 1.36 bits per heavy atom. The van der Waals surface area contributed by atoms with E-state index < -0.39 is 0 Å². The average molecular weight is 380 g/mol. The van der Waals surface area contributed by atoms with Crippen molar-refractivity contribution >= 4 is 17.6 Å². The molecule has 3 rings (SSSR count). The fraction of sp³-hybridized carbons (Fsp3) is 0.409. The topological polar surface area (TPSA) is 56.8 Å². The number of carbonyl (C=O) groups excluding carboxylic acids is 2. The van der Waals surface area contributed by atoms with Crippen molar-refractivity contribution in [1.82, 2.24) is 14.8 Å². The first-order chi connectivity index (χ1) is 13.5. The van der Waals surface area contributed by atoms with E-state index in [1.165, 1.54) is 0 Å². The molecule has 0 bridgehead atoms. The molecule has 2 amide bonds. The van der Waals surface area contributed by atoms with Crippen molar-refractivity contribution in [3.8, 4) is 0 Å². The number of hydrogen-bond donors (Lipinski definition) is 0. The van der Waals surface area contributed by atoms with Gasteiger partial charge < -0.3 is 14.7 Å². The van der Waals surface area contributed by atoms with Gasteiger partial charge in [-0.25, -0.2) is 4.98 Å². The fourth-order valence-corrected chi connectivity index (χ4v) is 3.42. The molecule has 2 heterocycles. The van der Waals surface area contributed by atoms with Crippen molar-refractivity contribution in [3.05, 3.63) is 59.3 Å². The predicted molar refractivity (Wildman–Crippen MR) is 111 cm³/mol. The van der Waals surface area contributed by atoms with E-state index in [-0.39, 0.29) is 11.8 Å². The van der Waals surface area contributed by atoms with E-state index in [0.717, 1.165) is 24.5 Å². The first kappa shape index (κ1) is 19.9. The lowest BCUT2D eigenvalue weighted by Crippen LogP contribution is -2.50. The van der Waals surface area contributed by atoms with Crippen molar-refractivity contribution in [2.75, 3.05) is 44.2 Å². The van der Waals surface area contributed by atoms with Crippen molar-refractivity contribution in [2.24, 2.45) is 0 Å². The Bertz CT molecular complexity index is 805. The molecule has 6 heteroatoms. The van der Waals surface area contributed by atoms with Crippen LogP contribution in [0.2, 0.25) is 0 Å². The molecule has 1 saturated heterocycles. The van der Waals surface area contributed by atoms with Gasteiger partial charge in [0, 0.05) is 51.0 Å². The van der Waals surface area contributed by atoms with Crippen LogP contribution in [0.3, 0.4) is 0 Å². The molecule has 1 aliphatic rings. The summed E-state index contributed by atoms with van der Waals surface area (Å²) < 4.78 is 0. The highest BCUT2D eigenvalue weighted by Crippen LogP contribution is 2.15. The molecule has 0 aliphatic carbocycles. The maximum absolute atomic E-state index is 12.8. The monoisotopic (exact) mass is 380 g/mol. The first-order valence-corrected chi connectivity index (χ1v) is 9.89. The zero-order valence-corrected chi connectivity index (χ0v) is 16.9. The second-order valence-electron chi connectivity index (χ2n) is 7.03. The van der Waals surface area contributed by atoms with Crippen LogP contribution < -0.4 is 4.90 Å². The van der Waals surface area contributed by atoms with Crippen LogP contribution in [0.5, 0.6) is 0 Å². The quantitative estimate of drug-likeness (QED) is 0.800. The molecule has 0 radical (unpaired) electrons. The highest BCUT2D eigenvalue weighted by atomic mass is 16.2. The van der Waals surface area contributed by atoms with E-state index in [1.807, 2.05) is 48.2 Å². The van der Waals surface area contributed by atoms with Gasteiger partial charge in [0.25, 0.3) is 11.8 Å². The number of aryl methyl sites for hydroxylation is 1. The van der Waals surface area contributed by atoms with Gasteiger partial charge >= 0.3 is 0 Å². The van der Waals surface area contributed by atoms with Crippen LogP contribution in [0.15, 0.2) is 42.6 Å². The minimum atomic E-state index is -0.0268. The molecule has 1 aromatic carbocycles. The van der Waals surface area contributed by atoms with Crippen LogP contribution in [0.4, 0.5) is 5.82 Å². The summed E-state index contributed by atoms with van der Waals surface area (Å²) in [5.74, 6) is 0.883. The summed E-state index contributed by atoms with van der Waals surface area (Å²) in [5.41, 5.74) is 2.42. The van der Waals surface area contributed by atoms with Gasteiger partial charge in [-0.05, 0) is 45.0 Å². The van der Waals surface area contributed by atoms with Gasteiger partial charge in [-0.2, -0.15) is 0 Å². The van der Waals surface area contributed by atoms with Crippen LogP contribution in [-0.2, 0) is 0 Å². The normalized spacial score (nSPS) is 14.1. The Labute approximate surface area is 166 Å². The minimum absolute atomic E-state index is 0.0253. The van der Waals surface area contributed by atoms with Crippen LogP contribution in [0, 0.1) is 6.92 Å². The lowest BCUT2D eigenvalue weighted by molar-refractivity contribution is 0.0535. The van der Waals surface area contributed by atoms with Crippen LogP contribution in [0.25, 0.3) is 0 Å². The van der Waals surface area contributed by atoms with E-state index in [0.29, 0.717) is 37.3 Å². The number of amides is 2. The lowest BCUT2D eigenvalue weighted by atomic mass is 10.1. The molecule has 148 valence electrons. The van der Waals surface area contributed by atoms with E-state index in [1.54, 1.807) is 11.1 Å². The standard InChI is InChI=1S/C22H28N4O2/c1-4-24(5-2)20-11-10-19(16-23-20)22(28)26-14-12-25(13-15-26)21(27)18-8-6-17(3)7-9-18/h6-11,16H,4-5,12-15H2,1-3H3. The van der Waals surface area contributed by atoms with Crippen molar-refractivity contribution in [3.63, 3.8) is 0 Å². The molecule has 2 aromatic rings. The minimum Gasteiger partial charge on any atom is -0.357 e. The summed E-state index contributed by atoms with van der Waals surface area (Å²) in [6.07, 6.45) is 1.65. The van der Waals surface area contributed by atoms with Gasteiger partial charge in [0.05, 0.1) is 5.56 Å². The molecule has 0 unspecified atom stereocenters. The Hall–Kier alpha value is -2.89. The van der Waals surface area contributed by atoms with Gasteiger partial charge in [0.15, 0.2) is 0 Å². The Balaban J connectivity index is 1.59. The van der Waals surface area contributed by atoms with Crippen molar-refractivity contribution in [2.45, 2.75) is 20.8 Å². The average Bonchev–Trinajstić information content (AvgIpc) is 2.75. The summed E-state index contributed by atoms with van der Waals surface area (Å²) in [4.78, 5) is 35.6. The highest BCUT2D eigenvalue weighted by molar-refractivity contribution is 5.96. The van der Waals surface area contributed by atoms with E-state index >= 15 is 0 Å². The Morgan fingerprint density at radius 1 is 0.857 bits per heavy atom. The summed E-state index contributed by atoms with van der Waals surface area (Å²) in [6.45, 7) is 10.1. The maximum atomic E-state index is 12.8. The van der Waals surface area contributed by atoms with Gasteiger partial charge in [-0.3, -0.25) is 9.59 Å². The second kappa shape index (κ2) is 8.87. The number of rotatable bonds is 5. The number of piperazine rings is 1. The summed E-state index contributed by atoms with van der Waals surface area (Å²) >= 11 is 0. The van der Waals surface area contributed by atoms with Gasteiger partial charge in [0.1, 0.15) is 5.82 Å². The lowest BCUT2D eigenvalue weighted by Gasteiger charge is -2.35. The molecule has 0 saturated carbocycles. The number of hydrogen-bond acceptors (Lipinski definition) is 4. The zero-order chi connectivity index (χ0) is 20.1. The number of pyridine rings is 1. The molecule has 6 nitrogen and oxygen atoms in total. The largest absolute Gasteiger partial charge is 0.357 e. The van der Waals surface area contributed by atoms with Crippen LogP contribution >= 0.6 is 0 Å². The smallest absolute Gasteiger partial charge is 0.255 e. The second-order valence-corrected chi connectivity index (χ2v) is 7.03. The number of anilines is 1. The summed E-state index contributed by atoms with van der Waals surface area (Å²) in [7, 11) is 0. The summed E-state index contributed by atoms with van der Waals surface area (Å²) in [5, 5.41) is 0. The van der Waals surface area contributed by atoms with Crippen LogP contribution in [-0.4, -0.2) is 65.9 Å². The third kappa shape index (κ3) is 4.32. The molecule has 1 fully saturated rings. The number of carbonyl (C=O) groups is 2. The third-order valence-corrected chi connectivity index (χ3v) is 5.23. The molecule has 1 aromatic heterocycles. The molecule has 0 atom stereocenters. The summed E-state index contributed by atoms with van der Waals surface area (Å²) in [6, 6.07) is 11.4. The SMILES string of the molecule is CCN(CC)c1ccc(C(=O)N2CCN(C(=O)c3ccc(C)cc3)CC2)cn1. The van der Waals surface area contributed by atoms with Gasteiger partial charge in [-0.15, -0.1) is 0 Å². The van der Waals surface area contributed by atoms with E-state index in [4.69, 9.17) is 0 Å². The zero-order valence-electron chi connectivity index (χ0n) is 16.9. The number of aromatic nitrogens is 1. The van der Waals surface area contributed by atoms with Crippen LogP contribution in [0.1, 0.15) is 40.1 Å². The molecule has 0 N–H and O–H groups in total. The van der Waals surface area contributed by atoms with E-state index in [9.17, 15) is 9.59 Å². The Kier molecular flexibility index (Phi) is 6.29. The molecule has 1 aliphatic heterocycles. The van der Waals surface area contributed by atoms with Gasteiger partial charge in [0.2, 0.25) is 0 Å². The number of nitrogens with zero attached hydrogens (tertiary/aromatic N) is 4. The maximum Gasteiger partial charge on any atom is 0.255 e. The molecular formula is C22H28N4O2.